The number of fused-ring (bicyclic) bond motifs is 1. The van der Waals surface area contributed by atoms with Crippen LogP contribution in [0, 0.1) is 0 Å². The van der Waals surface area contributed by atoms with Gasteiger partial charge in [0.25, 0.3) is 0 Å². The zero-order valence-electron chi connectivity index (χ0n) is 6.10. The van der Waals surface area contributed by atoms with E-state index in [0.717, 1.165) is 0 Å². The Kier molecular flexibility index (Phi) is 1.15. The Bertz CT molecular complexity index is 345. The van der Waals surface area contributed by atoms with Crippen molar-refractivity contribution < 1.29 is 0 Å². The van der Waals surface area contributed by atoms with Crippen LogP contribution in [0.2, 0.25) is 0 Å². The summed E-state index contributed by atoms with van der Waals surface area (Å²) in [6.07, 6.45) is 1.43. The van der Waals surface area contributed by atoms with E-state index in [0.29, 0.717) is 11.4 Å². The molecule has 6 N–H and O–H groups in total. The fraction of sp³-hybridized carbons (Fsp3) is 0.200. The molecule has 2 aliphatic rings. The Morgan fingerprint density at radius 3 is 2.83 bits per heavy atom. The number of amidine groups is 1. The monoisotopic (exact) mass is 165 g/mol. The molecule has 0 fully saturated rings. The summed E-state index contributed by atoms with van der Waals surface area (Å²) in [4.78, 5) is 7.53. The first-order valence-corrected chi connectivity index (χ1v) is 3.23. The second kappa shape index (κ2) is 1.96. The number of azo groups is 1. The fourth-order valence-corrected chi connectivity index (χ4v) is 1.00. The average molecular weight is 165 g/mol. The standard InChI is InChI=1S/C5H7N7/c6-4-10-3-2(1-9-12-3)5(7,8)11-4/h1H,7-8H2,(H2,6,11). The number of nitrogens with zero attached hydrogens (tertiary/aromatic N) is 4. The first-order valence-electron chi connectivity index (χ1n) is 3.23. The highest BCUT2D eigenvalue weighted by molar-refractivity contribution is 6.09. The Hall–Kier alpha value is -1.60. The predicted octanol–water partition coefficient (Wildman–Crippen LogP) is -1.37. The lowest BCUT2D eigenvalue weighted by Gasteiger charge is -2.23. The first kappa shape index (κ1) is 7.07. The Balaban J connectivity index is 2.54. The van der Waals surface area contributed by atoms with Gasteiger partial charge in [-0.3, -0.25) is 11.5 Å². The topological polar surface area (TPSA) is 127 Å². The molecule has 0 aromatic rings. The van der Waals surface area contributed by atoms with Crippen molar-refractivity contribution in [2.45, 2.75) is 5.79 Å². The third-order valence-electron chi connectivity index (χ3n) is 1.53. The SMILES string of the molecule is NC1=NC(N)(N)C2=CN=NC2=N1. The van der Waals surface area contributed by atoms with Crippen LogP contribution in [-0.4, -0.2) is 17.6 Å². The number of aliphatic imine (C=N–C) groups is 2. The molecule has 0 saturated carbocycles. The van der Waals surface area contributed by atoms with Crippen molar-refractivity contribution in [3.8, 4) is 0 Å². The lowest BCUT2D eigenvalue weighted by molar-refractivity contribution is 0.562. The van der Waals surface area contributed by atoms with Crippen molar-refractivity contribution in [3.05, 3.63) is 11.8 Å². The summed E-state index contributed by atoms with van der Waals surface area (Å²) in [5, 5.41) is 7.27. The summed E-state index contributed by atoms with van der Waals surface area (Å²) in [7, 11) is 0. The smallest absolute Gasteiger partial charge is 0.220 e. The molecule has 0 atom stereocenters. The highest BCUT2D eigenvalue weighted by Gasteiger charge is 2.34. The van der Waals surface area contributed by atoms with Gasteiger partial charge in [-0.2, -0.15) is 10.1 Å². The minimum atomic E-state index is -1.34. The molecule has 0 bridgehead atoms. The molecule has 7 nitrogen and oxygen atoms in total. The zero-order chi connectivity index (χ0) is 8.77. The van der Waals surface area contributed by atoms with Gasteiger partial charge in [-0.1, -0.05) is 0 Å². The molecule has 0 amide bonds. The fourth-order valence-electron chi connectivity index (χ4n) is 1.00. The van der Waals surface area contributed by atoms with Crippen LogP contribution in [0.3, 0.4) is 0 Å². The lowest BCUT2D eigenvalue weighted by atomic mass is 10.1. The van der Waals surface area contributed by atoms with Gasteiger partial charge in [0, 0.05) is 0 Å². The van der Waals surface area contributed by atoms with Crippen molar-refractivity contribution in [1.82, 2.24) is 0 Å². The minimum Gasteiger partial charge on any atom is -0.368 e. The summed E-state index contributed by atoms with van der Waals surface area (Å²) in [6, 6.07) is 0. The molecule has 2 heterocycles. The van der Waals surface area contributed by atoms with E-state index in [9.17, 15) is 0 Å². The van der Waals surface area contributed by atoms with Gasteiger partial charge in [-0.25, -0.2) is 4.99 Å². The van der Waals surface area contributed by atoms with E-state index in [1.54, 1.807) is 0 Å². The van der Waals surface area contributed by atoms with E-state index in [4.69, 9.17) is 17.2 Å². The third kappa shape index (κ3) is 0.840. The second-order valence-electron chi connectivity index (χ2n) is 2.49. The largest absolute Gasteiger partial charge is 0.368 e. The molecule has 0 saturated heterocycles. The first-order chi connectivity index (χ1) is 5.59. The maximum Gasteiger partial charge on any atom is 0.220 e. The maximum absolute atomic E-state index is 5.59. The van der Waals surface area contributed by atoms with E-state index in [1.165, 1.54) is 6.20 Å². The van der Waals surface area contributed by atoms with Crippen LogP contribution in [-0.2, 0) is 0 Å². The maximum atomic E-state index is 5.59. The molecular formula is C5H7N7. The van der Waals surface area contributed by atoms with Crippen molar-refractivity contribution in [3.63, 3.8) is 0 Å². The van der Waals surface area contributed by atoms with Gasteiger partial charge in [0.05, 0.1) is 11.8 Å². The van der Waals surface area contributed by atoms with E-state index in [-0.39, 0.29) is 5.96 Å². The molecule has 0 aromatic carbocycles. The quantitative estimate of drug-likeness (QED) is 0.383. The number of hydrogen-bond acceptors (Lipinski definition) is 7. The van der Waals surface area contributed by atoms with Crippen LogP contribution in [0.25, 0.3) is 0 Å². The van der Waals surface area contributed by atoms with Gasteiger partial charge < -0.3 is 5.73 Å². The molecule has 2 aliphatic heterocycles. The van der Waals surface area contributed by atoms with E-state index in [2.05, 4.69) is 20.2 Å². The number of guanidine groups is 1. The summed E-state index contributed by atoms with van der Waals surface area (Å²) in [5.74, 6) is -0.981. The Labute approximate surface area is 67.8 Å². The Morgan fingerprint density at radius 1 is 1.33 bits per heavy atom. The highest BCUT2D eigenvalue weighted by Crippen LogP contribution is 2.21. The van der Waals surface area contributed by atoms with Crippen LogP contribution in [0.5, 0.6) is 0 Å². The number of nitrogens with two attached hydrogens (primary N) is 3. The summed E-state index contributed by atoms with van der Waals surface area (Å²) < 4.78 is 0. The van der Waals surface area contributed by atoms with Crippen molar-refractivity contribution in [1.29, 1.82) is 0 Å². The van der Waals surface area contributed by atoms with Crippen molar-refractivity contribution in [2.24, 2.45) is 37.4 Å². The van der Waals surface area contributed by atoms with Gasteiger partial charge in [-0.15, -0.1) is 5.11 Å². The molecule has 0 unspecified atom stereocenters. The van der Waals surface area contributed by atoms with Gasteiger partial charge >= 0.3 is 0 Å². The molecule has 62 valence electrons. The van der Waals surface area contributed by atoms with Gasteiger partial charge in [0.2, 0.25) is 5.96 Å². The lowest BCUT2D eigenvalue weighted by Crippen LogP contribution is -2.53. The normalized spacial score (nSPS) is 24.3. The van der Waals surface area contributed by atoms with E-state index < -0.39 is 5.79 Å². The summed E-state index contributed by atoms with van der Waals surface area (Å²) in [6.45, 7) is 0. The summed E-state index contributed by atoms with van der Waals surface area (Å²) >= 11 is 0. The van der Waals surface area contributed by atoms with E-state index in [1.807, 2.05) is 0 Å². The molecule has 0 aromatic heterocycles. The summed E-state index contributed by atoms with van der Waals surface area (Å²) in [5.41, 5.74) is 17.0. The van der Waals surface area contributed by atoms with Gasteiger partial charge in [0.15, 0.2) is 11.6 Å². The molecular weight excluding hydrogens is 158 g/mol. The van der Waals surface area contributed by atoms with Gasteiger partial charge in [-0.05, 0) is 0 Å². The molecule has 0 radical (unpaired) electrons. The molecule has 2 rings (SSSR count). The molecule has 0 spiro atoms. The van der Waals surface area contributed by atoms with Gasteiger partial charge in [0.1, 0.15) is 0 Å². The third-order valence-corrected chi connectivity index (χ3v) is 1.53. The molecule has 0 aliphatic carbocycles. The van der Waals surface area contributed by atoms with Crippen LogP contribution >= 0.6 is 0 Å². The number of hydrogen-bond donors (Lipinski definition) is 3. The van der Waals surface area contributed by atoms with Crippen LogP contribution < -0.4 is 17.2 Å². The average Bonchev–Trinajstić information content (AvgIpc) is 2.32. The molecule has 7 heteroatoms. The zero-order valence-corrected chi connectivity index (χ0v) is 6.10. The minimum absolute atomic E-state index is 0.0213. The predicted molar refractivity (Wildman–Crippen MR) is 43.1 cm³/mol. The van der Waals surface area contributed by atoms with Crippen molar-refractivity contribution >= 4 is 11.8 Å². The second-order valence-corrected chi connectivity index (χ2v) is 2.49. The van der Waals surface area contributed by atoms with E-state index >= 15 is 0 Å². The Morgan fingerprint density at radius 2 is 2.08 bits per heavy atom. The van der Waals surface area contributed by atoms with Crippen molar-refractivity contribution in [2.75, 3.05) is 0 Å². The molecule has 12 heavy (non-hydrogen) atoms. The van der Waals surface area contributed by atoms with Crippen LogP contribution in [0.1, 0.15) is 0 Å². The van der Waals surface area contributed by atoms with Crippen LogP contribution in [0.4, 0.5) is 0 Å². The van der Waals surface area contributed by atoms with Crippen LogP contribution in [0.15, 0.2) is 32.0 Å². The number of rotatable bonds is 0. The highest BCUT2D eigenvalue weighted by atomic mass is 15.3.